The van der Waals surface area contributed by atoms with Crippen LogP contribution < -0.4 is 0 Å². The maximum Gasteiger partial charge on any atom is -0.00931 e. The molecule has 0 bridgehead atoms. The maximum absolute atomic E-state index is 2.36. The van der Waals surface area contributed by atoms with Crippen LogP contribution in [0.15, 0.2) is 24.3 Å². The molecular formula is C21H35. The fourth-order valence-electron chi connectivity index (χ4n) is 2.76. The molecule has 0 aliphatic rings. The van der Waals surface area contributed by atoms with Crippen LogP contribution in [0.2, 0.25) is 0 Å². The molecule has 0 unspecified atom stereocenters. The van der Waals surface area contributed by atoms with E-state index in [1.54, 1.807) is 0 Å². The van der Waals surface area contributed by atoms with Crippen molar-refractivity contribution < 1.29 is 0 Å². The molecule has 0 N–H and O–H groups in total. The average Bonchev–Trinajstić information content (AvgIpc) is 2.52. The molecule has 0 saturated heterocycles. The molecule has 1 rings (SSSR count). The summed E-state index contributed by atoms with van der Waals surface area (Å²) in [5, 5.41) is 0. The molecule has 1 radical (unpaired) electrons. The van der Waals surface area contributed by atoms with E-state index in [-0.39, 0.29) is 0 Å². The van der Waals surface area contributed by atoms with Crippen LogP contribution in [-0.4, -0.2) is 0 Å². The van der Waals surface area contributed by atoms with Crippen molar-refractivity contribution in [1.82, 2.24) is 0 Å². The van der Waals surface area contributed by atoms with Gasteiger partial charge in [-0.05, 0) is 36.8 Å². The van der Waals surface area contributed by atoms with E-state index in [0.717, 1.165) is 0 Å². The van der Waals surface area contributed by atoms with Gasteiger partial charge in [0.15, 0.2) is 0 Å². The van der Waals surface area contributed by atoms with Gasteiger partial charge in [0.1, 0.15) is 0 Å². The highest BCUT2D eigenvalue weighted by molar-refractivity contribution is 5.27. The maximum atomic E-state index is 2.36. The van der Waals surface area contributed by atoms with E-state index in [0.29, 0.717) is 0 Å². The van der Waals surface area contributed by atoms with Gasteiger partial charge in [0.25, 0.3) is 0 Å². The first-order valence-electron chi connectivity index (χ1n) is 9.29. The minimum absolute atomic E-state index is 1.22. The molecule has 21 heavy (non-hydrogen) atoms. The fraction of sp³-hybridized carbons (Fsp3) is 0.667. The Bertz CT molecular complexity index is 322. The Hall–Kier alpha value is -0.780. The first-order chi connectivity index (χ1) is 10.4. The van der Waals surface area contributed by atoms with Crippen LogP contribution in [0, 0.1) is 6.42 Å². The highest BCUT2D eigenvalue weighted by atomic mass is 14.0. The SMILES string of the molecule is CCCC[CH]c1ccc(CCCCCCCCCC)cc1. The molecule has 0 spiro atoms. The lowest BCUT2D eigenvalue weighted by Crippen LogP contribution is -1.88. The van der Waals surface area contributed by atoms with Gasteiger partial charge >= 0.3 is 0 Å². The van der Waals surface area contributed by atoms with Crippen molar-refractivity contribution in [1.29, 1.82) is 0 Å². The van der Waals surface area contributed by atoms with Gasteiger partial charge in [-0.15, -0.1) is 0 Å². The van der Waals surface area contributed by atoms with Gasteiger partial charge < -0.3 is 0 Å². The molecule has 0 heteroatoms. The molecule has 0 heterocycles. The minimum atomic E-state index is 1.22. The first-order valence-corrected chi connectivity index (χ1v) is 9.29. The Labute approximate surface area is 133 Å². The summed E-state index contributed by atoms with van der Waals surface area (Å²) in [7, 11) is 0. The third kappa shape index (κ3) is 9.72. The first kappa shape index (κ1) is 18.3. The van der Waals surface area contributed by atoms with E-state index >= 15 is 0 Å². The number of aryl methyl sites for hydroxylation is 1. The molecular weight excluding hydrogens is 252 g/mol. The average molecular weight is 288 g/mol. The van der Waals surface area contributed by atoms with Gasteiger partial charge in [-0.2, -0.15) is 0 Å². The molecule has 1 aromatic carbocycles. The Morgan fingerprint density at radius 3 is 1.86 bits per heavy atom. The van der Waals surface area contributed by atoms with E-state index in [9.17, 15) is 0 Å². The summed E-state index contributed by atoms with van der Waals surface area (Å²) in [6.07, 6.45) is 18.7. The van der Waals surface area contributed by atoms with Crippen LogP contribution in [0.1, 0.15) is 95.6 Å². The second-order valence-electron chi connectivity index (χ2n) is 6.31. The summed E-state index contributed by atoms with van der Waals surface area (Å²) < 4.78 is 0. The fourth-order valence-corrected chi connectivity index (χ4v) is 2.76. The third-order valence-electron chi connectivity index (χ3n) is 4.24. The predicted octanol–water partition coefficient (Wildman–Crippen LogP) is 7.11. The van der Waals surface area contributed by atoms with Crippen LogP contribution in [-0.2, 0) is 6.42 Å². The normalized spacial score (nSPS) is 11.0. The number of hydrogen-bond acceptors (Lipinski definition) is 0. The van der Waals surface area contributed by atoms with Crippen LogP contribution in [0.5, 0.6) is 0 Å². The molecule has 0 fully saturated rings. The molecule has 0 nitrogen and oxygen atoms in total. The molecule has 119 valence electrons. The second kappa shape index (κ2) is 12.9. The molecule has 0 amide bonds. The zero-order valence-electron chi connectivity index (χ0n) is 14.4. The number of hydrogen-bond donors (Lipinski definition) is 0. The van der Waals surface area contributed by atoms with E-state index in [4.69, 9.17) is 0 Å². The molecule has 0 aliphatic heterocycles. The molecule has 0 aliphatic carbocycles. The zero-order valence-corrected chi connectivity index (χ0v) is 14.4. The van der Waals surface area contributed by atoms with Gasteiger partial charge in [0, 0.05) is 0 Å². The summed E-state index contributed by atoms with van der Waals surface area (Å²) in [6, 6.07) is 9.21. The van der Waals surface area contributed by atoms with Crippen LogP contribution >= 0.6 is 0 Å². The summed E-state index contributed by atoms with van der Waals surface area (Å²) >= 11 is 0. The summed E-state index contributed by atoms with van der Waals surface area (Å²) in [5.74, 6) is 0. The van der Waals surface area contributed by atoms with Crippen molar-refractivity contribution in [3.05, 3.63) is 41.8 Å². The lowest BCUT2D eigenvalue weighted by molar-refractivity contribution is 0.575. The van der Waals surface area contributed by atoms with Gasteiger partial charge in [-0.1, -0.05) is 95.9 Å². The van der Waals surface area contributed by atoms with E-state index in [1.807, 2.05) is 0 Å². The second-order valence-corrected chi connectivity index (χ2v) is 6.31. The highest BCUT2D eigenvalue weighted by Gasteiger charge is 1.97. The Morgan fingerprint density at radius 1 is 0.667 bits per heavy atom. The Morgan fingerprint density at radius 2 is 1.24 bits per heavy atom. The van der Waals surface area contributed by atoms with Gasteiger partial charge in [-0.25, -0.2) is 0 Å². The largest absolute Gasteiger partial charge is 0.0654 e. The highest BCUT2D eigenvalue weighted by Crippen LogP contribution is 2.14. The molecule has 1 aromatic rings. The zero-order chi connectivity index (χ0) is 15.2. The Balaban J connectivity index is 2.04. The van der Waals surface area contributed by atoms with Crippen molar-refractivity contribution in [3.63, 3.8) is 0 Å². The number of rotatable bonds is 13. The standard InChI is InChI=1S/C21H35/c1-3-5-7-8-9-10-11-13-15-21-18-16-20(17-19-21)14-12-6-4-2/h14,16-19H,3-13,15H2,1-2H3. The molecule has 0 aromatic heterocycles. The molecule has 0 atom stereocenters. The van der Waals surface area contributed by atoms with Crippen LogP contribution in [0.3, 0.4) is 0 Å². The Kier molecular flexibility index (Phi) is 11.2. The van der Waals surface area contributed by atoms with E-state index in [2.05, 4.69) is 44.5 Å². The van der Waals surface area contributed by atoms with E-state index < -0.39 is 0 Å². The van der Waals surface area contributed by atoms with Crippen molar-refractivity contribution in [2.45, 2.75) is 90.9 Å². The lowest BCUT2D eigenvalue weighted by atomic mass is 10.0. The summed E-state index contributed by atoms with van der Waals surface area (Å²) in [6.45, 7) is 4.54. The minimum Gasteiger partial charge on any atom is -0.0654 e. The number of unbranched alkanes of at least 4 members (excludes halogenated alkanes) is 9. The molecule has 0 saturated carbocycles. The van der Waals surface area contributed by atoms with Crippen molar-refractivity contribution in [2.75, 3.05) is 0 Å². The quantitative estimate of drug-likeness (QED) is 0.339. The van der Waals surface area contributed by atoms with Crippen molar-refractivity contribution >= 4 is 0 Å². The van der Waals surface area contributed by atoms with Crippen molar-refractivity contribution in [3.8, 4) is 0 Å². The summed E-state index contributed by atoms with van der Waals surface area (Å²) in [4.78, 5) is 0. The van der Waals surface area contributed by atoms with Crippen LogP contribution in [0.25, 0.3) is 0 Å². The van der Waals surface area contributed by atoms with Gasteiger partial charge in [0.2, 0.25) is 0 Å². The topological polar surface area (TPSA) is 0 Å². The van der Waals surface area contributed by atoms with E-state index in [1.165, 1.54) is 88.2 Å². The van der Waals surface area contributed by atoms with Crippen LogP contribution in [0.4, 0.5) is 0 Å². The number of benzene rings is 1. The van der Waals surface area contributed by atoms with Gasteiger partial charge in [-0.3, -0.25) is 0 Å². The van der Waals surface area contributed by atoms with Crippen molar-refractivity contribution in [2.24, 2.45) is 0 Å². The smallest absolute Gasteiger partial charge is 0.00931 e. The summed E-state index contributed by atoms with van der Waals surface area (Å²) in [5.41, 5.74) is 2.90. The monoisotopic (exact) mass is 287 g/mol. The third-order valence-corrected chi connectivity index (χ3v) is 4.24. The lowest BCUT2D eigenvalue weighted by Gasteiger charge is -2.05. The van der Waals surface area contributed by atoms with Gasteiger partial charge in [0.05, 0.1) is 0 Å². The predicted molar refractivity (Wildman–Crippen MR) is 95.7 cm³/mol.